The van der Waals surface area contributed by atoms with Gasteiger partial charge in [-0.1, -0.05) is 25.0 Å². The summed E-state index contributed by atoms with van der Waals surface area (Å²) in [5.41, 5.74) is 1.29. The van der Waals surface area contributed by atoms with Crippen molar-refractivity contribution in [1.29, 1.82) is 0 Å². The van der Waals surface area contributed by atoms with Crippen molar-refractivity contribution >= 4 is 0 Å². The molecule has 2 N–H and O–H groups in total. The molecule has 0 bridgehead atoms. The summed E-state index contributed by atoms with van der Waals surface area (Å²) in [7, 11) is 1.72. The Balaban J connectivity index is 1.84. The van der Waals surface area contributed by atoms with Gasteiger partial charge in [0.2, 0.25) is 0 Å². The lowest BCUT2D eigenvalue weighted by Crippen LogP contribution is -2.37. The summed E-state index contributed by atoms with van der Waals surface area (Å²) >= 11 is 0. The molecule has 1 saturated heterocycles. The highest BCUT2D eigenvalue weighted by atomic mass is 16.5. The molecule has 1 aliphatic heterocycles. The van der Waals surface area contributed by atoms with Gasteiger partial charge in [-0.25, -0.2) is 0 Å². The quantitative estimate of drug-likeness (QED) is 0.839. The van der Waals surface area contributed by atoms with E-state index in [2.05, 4.69) is 42.7 Å². The van der Waals surface area contributed by atoms with Gasteiger partial charge in [0.15, 0.2) is 0 Å². The Morgan fingerprint density at radius 1 is 1.29 bits per heavy atom. The van der Waals surface area contributed by atoms with Gasteiger partial charge in [-0.3, -0.25) is 0 Å². The number of hydrogen-bond donors (Lipinski definition) is 2. The van der Waals surface area contributed by atoms with Crippen LogP contribution in [0.1, 0.15) is 57.6 Å². The molecule has 3 heteroatoms. The summed E-state index contributed by atoms with van der Waals surface area (Å²) in [5, 5.41) is 7.40. The Labute approximate surface area is 129 Å². The van der Waals surface area contributed by atoms with Gasteiger partial charge in [-0.05, 0) is 57.4 Å². The number of benzene rings is 1. The third kappa shape index (κ3) is 5.33. The van der Waals surface area contributed by atoms with E-state index in [0.29, 0.717) is 18.1 Å². The molecule has 118 valence electrons. The van der Waals surface area contributed by atoms with Crippen LogP contribution in [-0.2, 0) is 0 Å². The van der Waals surface area contributed by atoms with Crippen LogP contribution in [0, 0.1) is 0 Å². The fourth-order valence-corrected chi connectivity index (χ4v) is 3.23. The van der Waals surface area contributed by atoms with Crippen molar-refractivity contribution < 1.29 is 4.74 Å². The lowest BCUT2D eigenvalue weighted by atomic mass is 10.0. The van der Waals surface area contributed by atoms with Crippen LogP contribution < -0.4 is 15.4 Å². The van der Waals surface area contributed by atoms with Crippen molar-refractivity contribution in [3.05, 3.63) is 29.8 Å². The summed E-state index contributed by atoms with van der Waals surface area (Å²) in [6.45, 7) is 5.71. The molecule has 0 spiro atoms. The molecule has 3 atom stereocenters. The second kappa shape index (κ2) is 8.40. The first-order chi connectivity index (χ1) is 10.2. The third-order valence-electron chi connectivity index (χ3n) is 4.43. The van der Waals surface area contributed by atoms with Gasteiger partial charge in [0.25, 0.3) is 0 Å². The van der Waals surface area contributed by atoms with E-state index >= 15 is 0 Å². The number of hydrogen-bond acceptors (Lipinski definition) is 3. The maximum Gasteiger partial charge on any atom is 0.119 e. The summed E-state index contributed by atoms with van der Waals surface area (Å²) < 4.78 is 5.31. The lowest BCUT2D eigenvalue weighted by Gasteiger charge is -2.25. The molecule has 0 saturated carbocycles. The van der Waals surface area contributed by atoms with Crippen molar-refractivity contribution in [3.8, 4) is 5.75 Å². The summed E-state index contributed by atoms with van der Waals surface area (Å²) in [6.07, 6.45) is 6.60. The molecule has 0 aliphatic carbocycles. The Hall–Kier alpha value is -1.06. The topological polar surface area (TPSA) is 33.3 Å². The van der Waals surface area contributed by atoms with Crippen molar-refractivity contribution in [2.45, 2.75) is 64.1 Å². The first-order valence-electron chi connectivity index (χ1n) is 8.32. The van der Waals surface area contributed by atoms with Crippen LogP contribution in [0.4, 0.5) is 0 Å². The van der Waals surface area contributed by atoms with Crippen LogP contribution in [0.2, 0.25) is 0 Å². The molecule has 1 heterocycles. The minimum absolute atomic E-state index is 0.348. The smallest absolute Gasteiger partial charge is 0.119 e. The minimum atomic E-state index is 0.348. The van der Waals surface area contributed by atoms with Crippen molar-refractivity contribution in [2.24, 2.45) is 0 Å². The average Bonchev–Trinajstić information content (AvgIpc) is 2.75. The van der Waals surface area contributed by atoms with Crippen LogP contribution in [-0.4, -0.2) is 25.7 Å². The zero-order chi connectivity index (χ0) is 15.1. The van der Waals surface area contributed by atoms with Gasteiger partial charge in [0.05, 0.1) is 7.11 Å². The number of methoxy groups -OCH3 is 1. The van der Waals surface area contributed by atoms with Crippen LogP contribution >= 0.6 is 0 Å². The monoisotopic (exact) mass is 290 g/mol. The van der Waals surface area contributed by atoms with Gasteiger partial charge < -0.3 is 15.4 Å². The fraction of sp³-hybridized carbons (Fsp3) is 0.667. The van der Waals surface area contributed by atoms with E-state index in [1.807, 2.05) is 6.07 Å². The maximum atomic E-state index is 5.31. The molecule has 3 unspecified atom stereocenters. The number of nitrogens with one attached hydrogen (secondary N) is 2. The summed E-state index contributed by atoms with van der Waals surface area (Å²) in [4.78, 5) is 0. The Kier molecular flexibility index (Phi) is 6.52. The minimum Gasteiger partial charge on any atom is -0.497 e. The Bertz CT molecular complexity index is 413. The molecule has 1 aliphatic rings. The van der Waals surface area contributed by atoms with Crippen LogP contribution in [0.5, 0.6) is 5.75 Å². The van der Waals surface area contributed by atoms with E-state index in [0.717, 1.165) is 5.75 Å². The maximum absolute atomic E-state index is 5.31. The first-order valence-corrected chi connectivity index (χ1v) is 8.32. The fourth-order valence-electron chi connectivity index (χ4n) is 3.23. The molecule has 0 amide bonds. The molecule has 0 aromatic heterocycles. The van der Waals surface area contributed by atoms with Gasteiger partial charge in [-0.2, -0.15) is 0 Å². The van der Waals surface area contributed by atoms with Crippen LogP contribution in [0.25, 0.3) is 0 Å². The predicted octanol–water partition coefficient (Wildman–Crippen LogP) is 3.66. The predicted molar refractivity (Wildman–Crippen MR) is 88.9 cm³/mol. The molecular formula is C18H30N2O. The molecule has 0 radical (unpaired) electrons. The van der Waals surface area contributed by atoms with Crippen LogP contribution in [0.3, 0.4) is 0 Å². The number of rotatable bonds is 6. The molecule has 3 nitrogen and oxygen atoms in total. The lowest BCUT2D eigenvalue weighted by molar-refractivity contribution is 0.379. The highest BCUT2D eigenvalue weighted by Gasteiger charge is 2.16. The zero-order valence-electron chi connectivity index (χ0n) is 13.7. The first kappa shape index (κ1) is 16.3. The number of ether oxygens (including phenoxy) is 1. The SMILES string of the molecule is COc1cccc(C(C)NC(C)CC2CCCCCN2)c1. The van der Waals surface area contributed by atoms with E-state index in [1.165, 1.54) is 44.2 Å². The van der Waals surface area contributed by atoms with Gasteiger partial charge in [0.1, 0.15) is 5.75 Å². The third-order valence-corrected chi connectivity index (χ3v) is 4.43. The van der Waals surface area contributed by atoms with Crippen LogP contribution in [0.15, 0.2) is 24.3 Å². The summed E-state index contributed by atoms with van der Waals surface area (Å²) in [6, 6.07) is 9.87. The standard InChI is InChI=1S/C18H30N2O/c1-14(12-17-9-5-4-6-11-19-17)20-15(2)16-8-7-10-18(13-16)21-3/h7-8,10,13-15,17,19-20H,4-6,9,11-12H2,1-3H3. The normalized spacial score (nSPS) is 22.3. The average molecular weight is 290 g/mol. The van der Waals surface area contributed by atoms with Gasteiger partial charge in [-0.15, -0.1) is 0 Å². The van der Waals surface area contributed by atoms with E-state index in [-0.39, 0.29) is 0 Å². The van der Waals surface area contributed by atoms with E-state index in [9.17, 15) is 0 Å². The molecule has 1 fully saturated rings. The van der Waals surface area contributed by atoms with E-state index < -0.39 is 0 Å². The molecule has 21 heavy (non-hydrogen) atoms. The van der Waals surface area contributed by atoms with Crippen molar-refractivity contribution in [1.82, 2.24) is 10.6 Å². The second-order valence-corrected chi connectivity index (χ2v) is 6.30. The van der Waals surface area contributed by atoms with E-state index in [4.69, 9.17) is 4.74 Å². The Morgan fingerprint density at radius 2 is 2.14 bits per heavy atom. The zero-order valence-corrected chi connectivity index (χ0v) is 13.7. The highest BCUT2D eigenvalue weighted by Crippen LogP contribution is 2.20. The highest BCUT2D eigenvalue weighted by molar-refractivity contribution is 5.30. The van der Waals surface area contributed by atoms with Crippen molar-refractivity contribution in [3.63, 3.8) is 0 Å². The van der Waals surface area contributed by atoms with E-state index in [1.54, 1.807) is 7.11 Å². The molecule has 1 aromatic carbocycles. The largest absolute Gasteiger partial charge is 0.497 e. The molecule has 1 aromatic rings. The summed E-state index contributed by atoms with van der Waals surface area (Å²) in [5.74, 6) is 0.930. The van der Waals surface area contributed by atoms with Gasteiger partial charge in [0, 0.05) is 18.1 Å². The molecular weight excluding hydrogens is 260 g/mol. The van der Waals surface area contributed by atoms with Crippen molar-refractivity contribution in [2.75, 3.05) is 13.7 Å². The Morgan fingerprint density at radius 3 is 2.95 bits per heavy atom. The van der Waals surface area contributed by atoms with Gasteiger partial charge >= 0.3 is 0 Å². The molecule has 2 rings (SSSR count). The second-order valence-electron chi connectivity index (χ2n) is 6.30.